The molecule has 0 saturated carbocycles. The summed E-state index contributed by atoms with van der Waals surface area (Å²) in [5.74, 6) is 0.496. The van der Waals surface area contributed by atoms with E-state index < -0.39 is 6.61 Å². The molecule has 0 radical (unpaired) electrons. The normalized spacial score (nSPS) is 21.5. The summed E-state index contributed by atoms with van der Waals surface area (Å²) in [6, 6.07) is 6.16. The molecule has 28 heavy (non-hydrogen) atoms. The van der Waals surface area contributed by atoms with Gasteiger partial charge in [-0.25, -0.2) is 4.79 Å². The summed E-state index contributed by atoms with van der Waals surface area (Å²) >= 11 is 0. The summed E-state index contributed by atoms with van der Waals surface area (Å²) < 4.78 is 39.6. The van der Waals surface area contributed by atoms with Crippen molar-refractivity contribution in [1.29, 1.82) is 0 Å². The van der Waals surface area contributed by atoms with Gasteiger partial charge in [-0.15, -0.1) is 0 Å². The molecular formula is C19H27F2N3O4. The zero-order valence-electron chi connectivity index (χ0n) is 15.7. The molecule has 2 amide bonds. The maximum atomic E-state index is 12.2. The maximum absolute atomic E-state index is 12.2. The van der Waals surface area contributed by atoms with Crippen LogP contribution in [0.5, 0.6) is 5.75 Å². The number of carbonyl (C=O) groups is 1. The van der Waals surface area contributed by atoms with Crippen LogP contribution in [0.1, 0.15) is 12.0 Å². The Bertz CT molecular complexity index is 606. The number of nitrogens with zero attached hydrogens (tertiary/aromatic N) is 1. The first-order chi connectivity index (χ1) is 13.6. The van der Waals surface area contributed by atoms with E-state index in [4.69, 9.17) is 9.47 Å². The monoisotopic (exact) mass is 399 g/mol. The van der Waals surface area contributed by atoms with Crippen molar-refractivity contribution in [3.05, 3.63) is 29.8 Å². The Morgan fingerprint density at radius 3 is 2.54 bits per heavy atom. The fourth-order valence-electron chi connectivity index (χ4n) is 3.59. The van der Waals surface area contributed by atoms with Crippen molar-refractivity contribution in [1.82, 2.24) is 15.5 Å². The average molecular weight is 399 g/mol. The molecule has 2 aliphatic heterocycles. The van der Waals surface area contributed by atoms with E-state index in [1.807, 2.05) is 0 Å². The second kappa shape index (κ2) is 10.5. The third kappa shape index (κ3) is 6.29. The van der Waals surface area contributed by atoms with Crippen LogP contribution in [0.4, 0.5) is 13.6 Å². The maximum Gasteiger partial charge on any atom is 0.387 e. The number of amides is 2. The number of halogens is 2. The number of alkyl halides is 2. The van der Waals surface area contributed by atoms with Gasteiger partial charge in [0.2, 0.25) is 0 Å². The van der Waals surface area contributed by atoms with Crippen molar-refractivity contribution in [3.63, 3.8) is 0 Å². The number of rotatable bonds is 8. The average Bonchev–Trinajstić information content (AvgIpc) is 3.22. The van der Waals surface area contributed by atoms with E-state index in [1.165, 1.54) is 12.1 Å². The van der Waals surface area contributed by atoms with Crippen molar-refractivity contribution in [2.24, 2.45) is 5.92 Å². The number of carbonyl (C=O) groups excluding carboxylic acids is 1. The molecule has 0 spiro atoms. The largest absolute Gasteiger partial charge is 0.435 e. The summed E-state index contributed by atoms with van der Waals surface area (Å²) in [5, 5.41) is 5.75. The van der Waals surface area contributed by atoms with Crippen LogP contribution >= 0.6 is 0 Å². The van der Waals surface area contributed by atoms with Crippen molar-refractivity contribution in [2.45, 2.75) is 25.6 Å². The van der Waals surface area contributed by atoms with Gasteiger partial charge in [0, 0.05) is 44.7 Å². The summed E-state index contributed by atoms with van der Waals surface area (Å²) in [6.07, 6.45) is 0.998. The zero-order valence-corrected chi connectivity index (χ0v) is 15.7. The molecule has 2 N–H and O–H groups in total. The highest BCUT2D eigenvalue weighted by Crippen LogP contribution is 2.22. The smallest absolute Gasteiger partial charge is 0.387 e. The summed E-state index contributed by atoms with van der Waals surface area (Å²) in [4.78, 5) is 14.6. The summed E-state index contributed by atoms with van der Waals surface area (Å²) in [7, 11) is 0. The van der Waals surface area contributed by atoms with Gasteiger partial charge >= 0.3 is 12.6 Å². The van der Waals surface area contributed by atoms with E-state index in [-0.39, 0.29) is 17.8 Å². The Hall–Kier alpha value is -1.97. The van der Waals surface area contributed by atoms with Crippen LogP contribution in [0.2, 0.25) is 0 Å². The van der Waals surface area contributed by atoms with Crippen molar-refractivity contribution in [2.75, 3.05) is 46.1 Å². The Labute approximate surface area is 163 Å². The van der Waals surface area contributed by atoms with Crippen LogP contribution in [0, 0.1) is 5.92 Å². The lowest BCUT2D eigenvalue weighted by Crippen LogP contribution is -2.53. The standard InChI is InChI=1S/C19H27F2N3O4/c20-18(21)28-16-3-1-14(2-4-16)11-22-19(25)23-12-17(15-5-8-27-13-15)24-6-9-26-10-7-24/h1-4,15,17-18H,5-13H2,(H2,22,23,25)/t15-,17+/m0/s1. The fourth-order valence-corrected chi connectivity index (χ4v) is 3.59. The fraction of sp³-hybridized carbons (Fsp3) is 0.632. The predicted molar refractivity (Wildman–Crippen MR) is 98.4 cm³/mol. The van der Waals surface area contributed by atoms with E-state index in [0.29, 0.717) is 32.2 Å². The summed E-state index contributed by atoms with van der Waals surface area (Å²) in [5.41, 5.74) is 0.797. The van der Waals surface area contributed by atoms with Crippen molar-refractivity contribution >= 4 is 6.03 Å². The van der Waals surface area contributed by atoms with E-state index in [1.54, 1.807) is 12.1 Å². The molecule has 0 aliphatic carbocycles. The SMILES string of the molecule is O=C(NCc1ccc(OC(F)F)cc1)NC[C@H]([C@H]1CCOC1)N1CCOCC1. The quantitative estimate of drug-likeness (QED) is 0.698. The molecular weight excluding hydrogens is 372 g/mol. The third-order valence-electron chi connectivity index (χ3n) is 5.10. The number of nitrogens with one attached hydrogen (secondary N) is 2. The second-order valence-corrected chi connectivity index (χ2v) is 6.93. The van der Waals surface area contributed by atoms with Crippen molar-refractivity contribution in [3.8, 4) is 5.75 Å². The molecule has 2 heterocycles. The molecule has 2 atom stereocenters. The first-order valence-electron chi connectivity index (χ1n) is 9.57. The highest BCUT2D eigenvalue weighted by molar-refractivity contribution is 5.73. The predicted octanol–water partition coefficient (Wildman–Crippen LogP) is 1.82. The molecule has 1 aromatic rings. The Morgan fingerprint density at radius 1 is 1.14 bits per heavy atom. The van der Waals surface area contributed by atoms with Gasteiger partial charge in [0.05, 0.1) is 19.8 Å². The molecule has 2 saturated heterocycles. The molecule has 7 nitrogen and oxygen atoms in total. The number of urea groups is 1. The molecule has 0 aromatic heterocycles. The highest BCUT2D eigenvalue weighted by atomic mass is 19.3. The Morgan fingerprint density at radius 2 is 1.89 bits per heavy atom. The van der Waals surface area contributed by atoms with E-state index in [0.717, 1.165) is 38.3 Å². The van der Waals surface area contributed by atoms with Gasteiger partial charge in [0.25, 0.3) is 0 Å². The number of benzene rings is 1. The van der Waals surface area contributed by atoms with Crippen LogP contribution in [0.15, 0.2) is 24.3 Å². The van der Waals surface area contributed by atoms with E-state index in [2.05, 4.69) is 20.3 Å². The Balaban J connectivity index is 1.44. The van der Waals surface area contributed by atoms with Gasteiger partial charge in [-0.3, -0.25) is 4.90 Å². The Kier molecular flexibility index (Phi) is 7.81. The number of hydrogen-bond acceptors (Lipinski definition) is 5. The van der Waals surface area contributed by atoms with Crippen LogP contribution in [0.25, 0.3) is 0 Å². The van der Waals surface area contributed by atoms with Gasteiger partial charge < -0.3 is 24.8 Å². The molecule has 0 bridgehead atoms. The van der Waals surface area contributed by atoms with Crippen LogP contribution in [0.3, 0.4) is 0 Å². The van der Waals surface area contributed by atoms with Gasteiger partial charge in [-0.05, 0) is 24.1 Å². The number of hydrogen-bond donors (Lipinski definition) is 2. The first-order valence-corrected chi connectivity index (χ1v) is 9.57. The third-order valence-corrected chi connectivity index (χ3v) is 5.10. The molecule has 2 fully saturated rings. The zero-order chi connectivity index (χ0) is 19.8. The number of morpholine rings is 1. The lowest BCUT2D eigenvalue weighted by molar-refractivity contribution is -0.0498. The number of ether oxygens (including phenoxy) is 3. The lowest BCUT2D eigenvalue weighted by atomic mass is 9.97. The minimum absolute atomic E-state index is 0.0929. The summed E-state index contributed by atoms with van der Waals surface area (Å²) in [6.45, 7) is 2.62. The van der Waals surface area contributed by atoms with E-state index in [9.17, 15) is 13.6 Å². The van der Waals surface area contributed by atoms with Gasteiger partial charge in [0.15, 0.2) is 0 Å². The van der Waals surface area contributed by atoms with Crippen LogP contribution in [-0.4, -0.2) is 69.6 Å². The molecule has 156 valence electrons. The van der Waals surface area contributed by atoms with Gasteiger partial charge in [0.1, 0.15) is 5.75 Å². The minimum Gasteiger partial charge on any atom is -0.435 e. The molecule has 1 aromatic carbocycles. The van der Waals surface area contributed by atoms with Gasteiger partial charge in [-0.1, -0.05) is 12.1 Å². The van der Waals surface area contributed by atoms with Crippen molar-refractivity contribution < 1.29 is 27.8 Å². The van der Waals surface area contributed by atoms with Gasteiger partial charge in [-0.2, -0.15) is 8.78 Å². The molecule has 3 rings (SSSR count). The highest BCUT2D eigenvalue weighted by Gasteiger charge is 2.31. The lowest BCUT2D eigenvalue weighted by Gasteiger charge is -2.37. The topological polar surface area (TPSA) is 72.1 Å². The van der Waals surface area contributed by atoms with E-state index >= 15 is 0 Å². The molecule has 0 unspecified atom stereocenters. The molecule has 9 heteroatoms. The van der Waals surface area contributed by atoms with Crippen LogP contribution in [-0.2, 0) is 16.0 Å². The first kappa shape index (κ1) is 20.8. The van der Waals surface area contributed by atoms with Crippen LogP contribution < -0.4 is 15.4 Å². The molecule has 2 aliphatic rings. The second-order valence-electron chi connectivity index (χ2n) is 6.93. The minimum atomic E-state index is -2.85.